The zero-order valence-electron chi connectivity index (χ0n) is 36.9. The summed E-state index contributed by atoms with van der Waals surface area (Å²) in [5.74, 6) is 0. The number of thiophene rings is 2. The lowest BCUT2D eigenvalue weighted by atomic mass is 9.97. The summed E-state index contributed by atoms with van der Waals surface area (Å²) >= 11 is 3.57. The van der Waals surface area contributed by atoms with Gasteiger partial charge in [-0.15, -0.1) is 22.7 Å². The topological polar surface area (TPSA) is 19.6 Å². The van der Waals surface area contributed by atoms with Crippen LogP contribution in [0.25, 0.3) is 85.9 Å². The van der Waals surface area contributed by atoms with Crippen LogP contribution in [0.2, 0.25) is 0 Å². The number of furan rings is 1. The molecule has 0 spiro atoms. The lowest BCUT2D eigenvalue weighted by molar-refractivity contribution is 0.670. The van der Waals surface area contributed by atoms with Gasteiger partial charge in [-0.25, -0.2) is 0 Å². The molecule has 3 aromatic heterocycles. The molecule has 0 bridgehead atoms. The summed E-state index contributed by atoms with van der Waals surface area (Å²) in [6, 6.07) is 75.7. The van der Waals surface area contributed by atoms with Crippen LogP contribution in [0.1, 0.15) is 11.1 Å². The molecule has 13 rings (SSSR count). The number of aryl methyl sites for hydroxylation is 2. The largest absolute Gasteiger partial charge is 0.456 e. The number of nitrogens with zero attached hydrogens (tertiary/aromatic N) is 2. The first-order valence-electron chi connectivity index (χ1n) is 22.7. The van der Waals surface area contributed by atoms with E-state index in [0.29, 0.717) is 0 Å². The van der Waals surface area contributed by atoms with Crippen molar-refractivity contribution in [1.82, 2.24) is 0 Å². The average molecular weight is 895 g/mol. The van der Waals surface area contributed by atoms with E-state index >= 15 is 0 Å². The van der Waals surface area contributed by atoms with Crippen LogP contribution in [0.3, 0.4) is 0 Å². The minimum absolute atomic E-state index is 0.875. The second-order valence-electron chi connectivity index (χ2n) is 17.5. The minimum atomic E-state index is 0.875. The average Bonchev–Trinajstić information content (AvgIpc) is 4.13. The molecule has 67 heavy (non-hydrogen) atoms. The number of fused-ring (bicyclic) bond motifs is 7. The molecule has 0 aliphatic carbocycles. The van der Waals surface area contributed by atoms with Gasteiger partial charge in [-0.2, -0.15) is 0 Å². The minimum Gasteiger partial charge on any atom is -0.456 e. The molecule has 0 amide bonds. The van der Waals surface area contributed by atoms with Gasteiger partial charge in [0.25, 0.3) is 0 Å². The maximum atomic E-state index is 6.84. The Morgan fingerprint density at radius 3 is 1.19 bits per heavy atom. The Morgan fingerprint density at radius 1 is 0.343 bits per heavy atom. The Bertz CT molecular complexity index is 3740. The van der Waals surface area contributed by atoms with E-state index in [9.17, 15) is 0 Å². The highest BCUT2D eigenvalue weighted by Gasteiger charge is 2.23. The van der Waals surface area contributed by atoms with Gasteiger partial charge in [0.05, 0.1) is 11.4 Å². The molecule has 3 heterocycles. The fraction of sp³-hybridized carbons (Fsp3) is 0.0323. The molecule has 5 heteroatoms. The Morgan fingerprint density at radius 2 is 0.761 bits per heavy atom. The first-order valence-corrected chi connectivity index (χ1v) is 24.5. The summed E-state index contributed by atoms with van der Waals surface area (Å²) in [7, 11) is 0. The third kappa shape index (κ3) is 6.77. The highest BCUT2D eigenvalue weighted by atomic mass is 32.1. The first kappa shape index (κ1) is 39.4. The van der Waals surface area contributed by atoms with E-state index < -0.39 is 0 Å². The molecule has 13 aromatic rings. The highest BCUT2D eigenvalue weighted by molar-refractivity contribution is 7.17. The van der Waals surface area contributed by atoms with Crippen molar-refractivity contribution in [3.8, 4) is 22.3 Å². The van der Waals surface area contributed by atoms with Crippen LogP contribution in [0.4, 0.5) is 34.1 Å². The monoisotopic (exact) mass is 894 g/mol. The molecule has 0 aliphatic rings. The Kier molecular flexibility index (Phi) is 9.34. The maximum absolute atomic E-state index is 6.84. The van der Waals surface area contributed by atoms with Gasteiger partial charge in [-0.3, -0.25) is 0 Å². The molecule has 0 radical (unpaired) electrons. The number of hydrogen-bond acceptors (Lipinski definition) is 5. The second-order valence-corrected chi connectivity index (χ2v) is 19.4. The Balaban J connectivity index is 0.948. The maximum Gasteiger partial charge on any atom is 0.136 e. The van der Waals surface area contributed by atoms with Gasteiger partial charge in [0, 0.05) is 64.8 Å². The predicted molar refractivity (Wildman–Crippen MR) is 289 cm³/mol. The quantitative estimate of drug-likeness (QED) is 0.152. The predicted octanol–water partition coefficient (Wildman–Crippen LogP) is 19.2. The highest BCUT2D eigenvalue weighted by Crippen LogP contribution is 2.48. The first-order chi connectivity index (χ1) is 33.0. The lowest BCUT2D eigenvalue weighted by Gasteiger charge is -2.29. The van der Waals surface area contributed by atoms with Crippen LogP contribution in [0.5, 0.6) is 0 Å². The molecule has 0 atom stereocenters. The third-order valence-electron chi connectivity index (χ3n) is 13.3. The van der Waals surface area contributed by atoms with Crippen LogP contribution >= 0.6 is 22.7 Å². The van der Waals surface area contributed by atoms with Crippen LogP contribution in [0, 0.1) is 13.8 Å². The molecule has 0 saturated heterocycles. The van der Waals surface area contributed by atoms with Crippen LogP contribution in [-0.2, 0) is 0 Å². The molecular weight excluding hydrogens is 853 g/mol. The molecule has 10 aromatic carbocycles. The summed E-state index contributed by atoms with van der Waals surface area (Å²) in [5, 5.41) is 13.7. The third-order valence-corrected chi connectivity index (χ3v) is 15.1. The van der Waals surface area contributed by atoms with Crippen LogP contribution in [-0.4, -0.2) is 0 Å². The zero-order chi connectivity index (χ0) is 44.6. The normalized spacial score (nSPS) is 11.7. The van der Waals surface area contributed by atoms with E-state index in [1.54, 1.807) is 22.7 Å². The Hall–Kier alpha value is -7.96. The number of rotatable bonds is 8. The smallest absolute Gasteiger partial charge is 0.136 e. The van der Waals surface area contributed by atoms with Gasteiger partial charge in [-0.1, -0.05) is 108 Å². The van der Waals surface area contributed by atoms with E-state index in [2.05, 4.69) is 241 Å². The van der Waals surface area contributed by atoms with Gasteiger partial charge >= 0.3 is 0 Å². The zero-order valence-corrected chi connectivity index (χ0v) is 38.5. The van der Waals surface area contributed by atoms with Gasteiger partial charge in [0.2, 0.25) is 0 Å². The lowest BCUT2D eigenvalue weighted by Crippen LogP contribution is -2.11. The van der Waals surface area contributed by atoms with Crippen molar-refractivity contribution in [2.45, 2.75) is 13.8 Å². The molecule has 3 nitrogen and oxygen atoms in total. The second kappa shape index (κ2) is 15.9. The van der Waals surface area contributed by atoms with Crippen molar-refractivity contribution in [2.75, 3.05) is 9.80 Å². The van der Waals surface area contributed by atoms with E-state index in [1.165, 1.54) is 64.3 Å². The van der Waals surface area contributed by atoms with Crippen molar-refractivity contribution >= 4 is 120 Å². The van der Waals surface area contributed by atoms with Crippen molar-refractivity contribution in [3.63, 3.8) is 0 Å². The molecule has 0 saturated carbocycles. The van der Waals surface area contributed by atoms with Crippen molar-refractivity contribution in [3.05, 3.63) is 228 Å². The molecular formula is C62H42N2OS2. The van der Waals surface area contributed by atoms with E-state index in [-0.39, 0.29) is 0 Å². The summed E-state index contributed by atoms with van der Waals surface area (Å²) in [6.07, 6.45) is 0. The number of hydrogen-bond donors (Lipinski definition) is 0. The van der Waals surface area contributed by atoms with Gasteiger partial charge < -0.3 is 14.2 Å². The van der Waals surface area contributed by atoms with Gasteiger partial charge in [0.15, 0.2) is 0 Å². The fourth-order valence-electron chi connectivity index (χ4n) is 10.0. The van der Waals surface area contributed by atoms with E-state index in [1.807, 2.05) is 0 Å². The van der Waals surface area contributed by atoms with Crippen molar-refractivity contribution in [2.24, 2.45) is 0 Å². The molecule has 0 fully saturated rings. The Labute approximate surface area is 396 Å². The van der Waals surface area contributed by atoms with Crippen molar-refractivity contribution < 1.29 is 4.42 Å². The fourth-order valence-corrected chi connectivity index (χ4v) is 11.6. The standard InChI is InChI=1S/C62H42N2OS2/c1-39-13-19-47(20-14-39)63(55-25-27-59-51(29-31-66-59)61(55)41-9-5-3-6-10-41)49-23-17-43-35-53-54-36-44-18-24-50(34-46(44)38-58(54)65-57(53)37-45(43)33-49)64(48-21-15-40(2)16-22-48)56-26-28-60-52(30-32-67-60)62(56)42-11-7-4-8-12-42/h3-38H,1-2H3. The summed E-state index contributed by atoms with van der Waals surface area (Å²) in [5.41, 5.74) is 15.7. The van der Waals surface area contributed by atoms with Crippen LogP contribution < -0.4 is 9.80 Å². The molecule has 318 valence electrons. The van der Waals surface area contributed by atoms with Gasteiger partial charge in [-0.05, 0) is 166 Å². The summed E-state index contributed by atoms with van der Waals surface area (Å²) in [4.78, 5) is 4.82. The van der Waals surface area contributed by atoms with E-state index in [4.69, 9.17) is 4.42 Å². The number of anilines is 6. The van der Waals surface area contributed by atoms with Crippen molar-refractivity contribution in [1.29, 1.82) is 0 Å². The molecule has 0 N–H and O–H groups in total. The van der Waals surface area contributed by atoms with Gasteiger partial charge in [0.1, 0.15) is 11.2 Å². The summed E-state index contributed by atoms with van der Waals surface area (Å²) < 4.78 is 9.39. The number of benzene rings is 10. The molecule has 0 aliphatic heterocycles. The van der Waals surface area contributed by atoms with E-state index in [0.717, 1.165) is 66.8 Å². The SMILES string of the molecule is Cc1ccc(N(c2ccc3cc4c(cc3c2)oc2cc3cc(N(c5ccc(C)cc5)c5ccc6sccc6c5-c5ccccc5)ccc3cc24)c2ccc3sccc3c2-c2ccccc2)cc1. The molecule has 0 unspecified atom stereocenters. The van der Waals surface area contributed by atoms with Crippen LogP contribution in [0.15, 0.2) is 221 Å². The summed E-state index contributed by atoms with van der Waals surface area (Å²) in [6.45, 7) is 4.29.